The zero-order chi connectivity index (χ0) is 14.6. The smallest absolute Gasteiger partial charge is 0.416 e. The lowest BCUT2D eigenvalue weighted by atomic mass is 10.0. The van der Waals surface area contributed by atoms with Crippen LogP contribution in [-0.2, 0) is 22.1 Å². The number of rotatable bonds is 3. The van der Waals surface area contributed by atoms with E-state index >= 15 is 0 Å². The molecule has 0 aromatic heterocycles. The number of carbonyl (C=O) groups excluding carboxylic acids is 1. The first-order chi connectivity index (χ1) is 8.81. The molecule has 0 fully saturated rings. The predicted octanol–water partition coefficient (Wildman–Crippen LogP) is 3.34. The second-order valence-corrected chi connectivity index (χ2v) is 3.92. The Morgan fingerprint density at radius 3 is 2.58 bits per heavy atom. The first-order valence-corrected chi connectivity index (χ1v) is 5.63. The summed E-state index contributed by atoms with van der Waals surface area (Å²) < 4.78 is 43.0. The molecule has 0 saturated heterocycles. The van der Waals surface area contributed by atoms with Gasteiger partial charge in [-0.3, -0.25) is 4.79 Å². The summed E-state index contributed by atoms with van der Waals surface area (Å²) in [4.78, 5) is 11.3. The first-order valence-electron chi connectivity index (χ1n) is 5.25. The van der Waals surface area contributed by atoms with Crippen LogP contribution in [0.2, 0.25) is 5.02 Å². The topological polar surface area (TPSA) is 50.1 Å². The summed E-state index contributed by atoms with van der Waals surface area (Å²) in [7, 11) is 0. The summed E-state index contributed by atoms with van der Waals surface area (Å²) in [6.45, 7) is 1.59. The number of hydrogen-bond donors (Lipinski definition) is 0. The van der Waals surface area contributed by atoms with Gasteiger partial charge in [0.25, 0.3) is 0 Å². The van der Waals surface area contributed by atoms with Gasteiger partial charge in [0.05, 0.1) is 29.2 Å². The highest BCUT2D eigenvalue weighted by atomic mass is 35.5. The number of hydrogen-bond acceptors (Lipinski definition) is 3. The standard InChI is InChI=1S/C12H9ClF3NO2/c1-2-19-10(18)5-8-9(12(14,15)16)4-3-7(6-17)11(8)13/h3-4H,2,5H2,1H3. The van der Waals surface area contributed by atoms with Gasteiger partial charge in [-0.15, -0.1) is 0 Å². The molecule has 0 heterocycles. The maximum Gasteiger partial charge on any atom is 0.416 e. The van der Waals surface area contributed by atoms with E-state index in [0.717, 1.165) is 12.1 Å². The summed E-state index contributed by atoms with van der Waals surface area (Å²) in [6.07, 6.45) is -5.28. The van der Waals surface area contributed by atoms with E-state index in [1.807, 2.05) is 0 Å². The summed E-state index contributed by atoms with van der Waals surface area (Å²) in [6, 6.07) is 3.38. The first kappa shape index (κ1) is 15.3. The van der Waals surface area contributed by atoms with Crippen molar-refractivity contribution in [2.45, 2.75) is 19.5 Å². The third-order valence-electron chi connectivity index (χ3n) is 2.30. The molecule has 0 aliphatic heterocycles. The van der Waals surface area contributed by atoms with E-state index in [1.165, 1.54) is 6.92 Å². The lowest BCUT2D eigenvalue weighted by Crippen LogP contribution is -2.15. The minimum absolute atomic E-state index is 0.0513. The monoisotopic (exact) mass is 291 g/mol. The molecular formula is C12H9ClF3NO2. The molecule has 0 bridgehead atoms. The zero-order valence-electron chi connectivity index (χ0n) is 9.84. The van der Waals surface area contributed by atoms with Gasteiger partial charge >= 0.3 is 12.1 Å². The van der Waals surface area contributed by atoms with Crippen molar-refractivity contribution in [2.75, 3.05) is 6.61 Å². The van der Waals surface area contributed by atoms with E-state index in [4.69, 9.17) is 16.9 Å². The molecule has 0 aliphatic rings. The Morgan fingerprint density at radius 2 is 2.11 bits per heavy atom. The third-order valence-corrected chi connectivity index (χ3v) is 2.73. The average Bonchev–Trinajstić information content (AvgIpc) is 2.30. The summed E-state index contributed by atoms with van der Waals surface area (Å²) in [5, 5.41) is 8.37. The van der Waals surface area contributed by atoms with Crippen molar-refractivity contribution in [3.8, 4) is 6.07 Å². The summed E-state index contributed by atoms with van der Waals surface area (Å²) >= 11 is 5.73. The average molecular weight is 292 g/mol. The lowest BCUT2D eigenvalue weighted by molar-refractivity contribution is -0.143. The molecule has 3 nitrogen and oxygen atoms in total. The Balaban J connectivity index is 3.32. The molecule has 0 spiro atoms. The van der Waals surface area contributed by atoms with E-state index in [-0.39, 0.29) is 17.2 Å². The van der Waals surface area contributed by atoms with Gasteiger partial charge in [0.1, 0.15) is 6.07 Å². The van der Waals surface area contributed by atoms with Gasteiger partial charge in [0.15, 0.2) is 0 Å². The molecule has 1 aromatic rings. The fourth-order valence-corrected chi connectivity index (χ4v) is 1.78. The maximum atomic E-state index is 12.8. The van der Waals surface area contributed by atoms with E-state index in [9.17, 15) is 18.0 Å². The van der Waals surface area contributed by atoms with Gasteiger partial charge in [0, 0.05) is 0 Å². The van der Waals surface area contributed by atoms with Crippen LogP contribution in [0.5, 0.6) is 0 Å². The van der Waals surface area contributed by atoms with Crippen molar-refractivity contribution in [2.24, 2.45) is 0 Å². The molecule has 0 amide bonds. The molecule has 0 aliphatic carbocycles. The highest BCUT2D eigenvalue weighted by Crippen LogP contribution is 2.36. The minimum Gasteiger partial charge on any atom is -0.466 e. The molecular weight excluding hydrogens is 283 g/mol. The SMILES string of the molecule is CCOC(=O)Cc1c(C(F)(F)F)ccc(C#N)c1Cl. The van der Waals surface area contributed by atoms with Crippen molar-refractivity contribution in [3.05, 3.63) is 33.8 Å². The second kappa shape index (κ2) is 5.93. The van der Waals surface area contributed by atoms with Crippen LogP contribution in [0, 0.1) is 11.3 Å². The number of benzene rings is 1. The molecule has 1 aromatic carbocycles. The van der Waals surface area contributed by atoms with Crippen LogP contribution in [0.15, 0.2) is 12.1 Å². The van der Waals surface area contributed by atoms with E-state index in [1.54, 1.807) is 6.07 Å². The quantitative estimate of drug-likeness (QED) is 0.803. The van der Waals surface area contributed by atoms with Gasteiger partial charge in [-0.1, -0.05) is 11.6 Å². The summed E-state index contributed by atoms with van der Waals surface area (Å²) in [5.74, 6) is -0.829. The van der Waals surface area contributed by atoms with Crippen molar-refractivity contribution < 1.29 is 22.7 Å². The Bertz CT molecular complexity index is 535. The van der Waals surface area contributed by atoms with Crippen LogP contribution in [0.4, 0.5) is 13.2 Å². The minimum atomic E-state index is -4.65. The normalized spacial score (nSPS) is 10.9. The maximum absolute atomic E-state index is 12.8. The lowest BCUT2D eigenvalue weighted by Gasteiger charge is -2.14. The van der Waals surface area contributed by atoms with Gasteiger partial charge in [-0.05, 0) is 24.6 Å². The number of esters is 1. The van der Waals surface area contributed by atoms with Crippen molar-refractivity contribution in [3.63, 3.8) is 0 Å². The molecule has 0 N–H and O–H groups in total. The van der Waals surface area contributed by atoms with Crippen molar-refractivity contribution in [1.29, 1.82) is 5.26 Å². The Morgan fingerprint density at radius 1 is 1.47 bits per heavy atom. The molecule has 0 saturated carbocycles. The number of ether oxygens (including phenoxy) is 1. The fourth-order valence-electron chi connectivity index (χ4n) is 1.50. The highest BCUT2D eigenvalue weighted by Gasteiger charge is 2.35. The van der Waals surface area contributed by atoms with Crippen LogP contribution in [0.25, 0.3) is 0 Å². The number of halogens is 4. The molecule has 0 atom stereocenters. The van der Waals surface area contributed by atoms with E-state index in [2.05, 4.69) is 4.74 Å². The van der Waals surface area contributed by atoms with E-state index in [0.29, 0.717) is 0 Å². The number of nitrogens with zero attached hydrogens (tertiary/aromatic N) is 1. The Labute approximate surface area is 112 Å². The summed E-state index contributed by atoms with van der Waals surface area (Å²) in [5.41, 5.74) is -1.59. The van der Waals surface area contributed by atoms with Crippen molar-refractivity contribution in [1.82, 2.24) is 0 Å². The Kier molecular flexibility index (Phi) is 4.78. The van der Waals surface area contributed by atoms with Crippen LogP contribution in [-0.4, -0.2) is 12.6 Å². The largest absolute Gasteiger partial charge is 0.466 e. The predicted molar refractivity (Wildman–Crippen MR) is 61.5 cm³/mol. The van der Waals surface area contributed by atoms with Crippen LogP contribution >= 0.6 is 11.6 Å². The number of carbonyl (C=O) groups is 1. The molecule has 1 rings (SSSR count). The van der Waals surface area contributed by atoms with Crippen LogP contribution in [0.1, 0.15) is 23.6 Å². The van der Waals surface area contributed by atoms with Crippen LogP contribution < -0.4 is 0 Å². The molecule has 19 heavy (non-hydrogen) atoms. The molecule has 7 heteroatoms. The highest BCUT2D eigenvalue weighted by molar-refractivity contribution is 6.32. The van der Waals surface area contributed by atoms with Crippen LogP contribution in [0.3, 0.4) is 0 Å². The van der Waals surface area contributed by atoms with Gasteiger partial charge in [-0.2, -0.15) is 18.4 Å². The molecule has 0 radical (unpaired) electrons. The second-order valence-electron chi connectivity index (χ2n) is 3.54. The van der Waals surface area contributed by atoms with Gasteiger partial charge in [0.2, 0.25) is 0 Å². The fraction of sp³-hybridized carbons (Fsp3) is 0.333. The van der Waals surface area contributed by atoms with Gasteiger partial charge < -0.3 is 4.74 Å². The third kappa shape index (κ3) is 3.61. The van der Waals surface area contributed by atoms with Gasteiger partial charge in [-0.25, -0.2) is 0 Å². The molecule has 102 valence electrons. The van der Waals surface area contributed by atoms with Crippen molar-refractivity contribution >= 4 is 17.6 Å². The Hall–Kier alpha value is -1.74. The molecule has 0 unspecified atom stereocenters. The zero-order valence-corrected chi connectivity index (χ0v) is 10.6. The van der Waals surface area contributed by atoms with E-state index < -0.39 is 29.7 Å². The number of nitriles is 1. The number of alkyl halides is 3.